The first-order valence-corrected chi connectivity index (χ1v) is 6.22. The molecular weight excluding hydrogens is 247 g/mol. The van der Waals surface area contributed by atoms with Crippen molar-refractivity contribution < 1.29 is 17.6 Å². The van der Waals surface area contributed by atoms with E-state index in [4.69, 9.17) is 5.26 Å². The molecule has 1 aromatic rings. The molecule has 2 rings (SSSR count). The Kier molecular flexibility index (Phi) is 2.59. The highest BCUT2D eigenvalue weighted by Crippen LogP contribution is 2.31. The molecule has 0 saturated heterocycles. The minimum Gasteiger partial charge on any atom is -0.324 e. The Balaban J connectivity index is 2.63. The van der Waals surface area contributed by atoms with Gasteiger partial charge in [0.1, 0.15) is 5.82 Å². The molecule has 17 heavy (non-hydrogen) atoms. The fourth-order valence-corrected chi connectivity index (χ4v) is 3.26. The Morgan fingerprint density at radius 1 is 1.47 bits per heavy atom. The van der Waals surface area contributed by atoms with Gasteiger partial charge in [-0.3, -0.25) is 4.79 Å². The van der Waals surface area contributed by atoms with Crippen molar-refractivity contribution in [3.8, 4) is 6.07 Å². The zero-order valence-corrected chi connectivity index (χ0v) is 9.29. The summed E-state index contributed by atoms with van der Waals surface area (Å²) in [5.41, 5.74) is -0.0795. The summed E-state index contributed by atoms with van der Waals surface area (Å²) in [6.07, 6.45) is -0.426. The largest absolute Gasteiger partial charge is 0.324 e. The van der Waals surface area contributed by atoms with Crippen LogP contribution in [0.3, 0.4) is 0 Å². The van der Waals surface area contributed by atoms with Crippen molar-refractivity contribution in [2.75, 3.05) is 5.32 Å². The van der Waals surface area contributed by atoms with E-state index in [1.807, 2.05) is 0 Å². The zero-order chi connectivity index (χ0) is 12.6. The summed E-state index contributed by atoms with van der Waals surface area (Å²) in [5.74, 6) is -1.44. The van der Waals surface area contributed by atoms with Crippen LogP contribution in [0.4, 0.5) is 10.1 Å². The molecule has 7 heteroatoms. The first-order valence-electron chi connectivity index (χ1n) is 4.68. The van der Waals surface area contributed by atoms with Gasteiger partial charge in [0.2, 0.25) is 5.91 Å². The highest BCUT2D eigenvalue weighted by atomic mass is 32.2. The van der Waals surface area contributed by atoms with E-state index in [2.05, 4.69) is 5.32 Å². The Bertz CT molecular complexity index is 633. The van der Waals surface area contributed by atoms with E-state index in [0.29, 0.717) is 0 Å². The van der Waals surface area contributed by atoms with Crippen LogP contribution in [0.2, 0.25) is 0 Å². The predicted octanol–water partition coefficient (Wildman–Crippen LogP) is 0.834. The van der Waals surface area contributed by atoms with Crippen LogP contribution in [-0.4, -0.2) is 19.6 Å². The third-order valence-corrected chi connectivity index (χ3v) is 4.55. The highest BCUT2D eigenvalue weighted by molar-refractivity contribution is 7.93. The van der Waals surface area contributed by atoms with Gasteiger partial charge in [-0.1, -0.05) is 0 Å². The van der Waals surface area contributed by atoms with E-state index in [9.17, 15) is 17.6 Å². The molecule has 88 valence electrons. The molecule has 0 bridgehead atoms. The van der Waals surface area contributed by atoms with Gasteiger partial charge in [-0.2, -0.15) is 5.26 Å². The lowest BCUT2D eigenvalue weighted by Gasteiger charge is -2.23. The van der Waals surface area contributed by atoms with Crippen LogP contribution < -0.4 is 5.32 Å². The van der Waals surface area contributed by atoms with Crippen LogP contribution in [0.25, 0.3) is 0 Å². The van der Waals surface area contributed by atoms with Crippen molar-refractivity contribution in [2.24, 2.45) is 0 Å². The molecular formula is C10H7FN2O3S. The highest BCUT2D eigenvalue weighted by Gasteiger charge is 2.40. The fraction of sp³-hybridized carbons (Fsp3) is 0.200. The van der Waals surface area contributed by atoms with Gasteiger partial charge >= 0.3 is 0 Å². The third kappa shape index (κ3) is 1.76. The fourth-order valence-electron chi connectivity index (χ4n) is 1.64. The van der Waals surface area contributed by atoms with E-state index in [0.717, 1.165) is 18.2 Å². The number of sulfone groups is 1. The van der Waals surface area contributed by atoms with Crippen molar-refractivity contribution >= 4 is 21.4 Å². The zero-order valence-electron chi connectivity index (χ0n) is 8.47. The molecule has 5 nitrogen and oxygen atoms in total. The average molecular weight is 254 g/mol. The first kappa shape index (κ1) is 11.5. The van der Waals surface area contributed by atoms with Crippen LogP contribution in [-0.2, 0) is 14.6 Å². The summed E-state index contributed by atoms with van der Waals surface area (Å²) >= 11 is 0. The summed E-state index contributed by atoms with van der Waals surface area (Å²) in [6.45, 7) is 0. The quantitative estimate of drug-likeness (QED) is 0.752. The molecule has 0 radical (unpaired) electrons. The second-order valence-corrected chi connectivity index (χ2v) is 5.62. The van der Waals surface area contributed by atoms with Crippen molar-refractivity contribution in [1.82, 2.24) is 0 Å². The molecule has 1 heterocycles. The van der Waals surface area contributed by atoms with Crippen LogP contribution in [0.1, 0.15) is 6.42 Å². The van der Waals surface area contributed by atoms with Crippen molar-refractivity contribution in [2.45, 2.75) is 16.6 Å². The maximum atomic E-state index is 12.9. The van der Waals surface area contributed by atoms with Gasteiger partial charge in [-0.25, -0.2) is 12.8 Å². The normalized spacial score (nSPS) is 21.2. The van der Waals surface area contributed by atoms with Gasteiger partial charge in [0, 0.05) is 0 Å². The second kappa shape index (κ2) is 3.82. The van der Waals surface area contributed by atoms with E-state index < -0.39 is 33.2 Å². The number of anilines is 1. The third-order valence-electron chi connectivity index (χ3n) is 2.45. The van der Waals surface area contributed by atoms with Gasteiger partial charge in [-0.15, -0.1) is 0 Å². The number of nitrogens with zero attached hydrogens (tertiary/aromatic N) is 1. The monoisotopic (exact) mass is 254 g/mol. The number of benzene rings is 1. The average Bonchev–Trinajstić information content (AvgIpc) is 2.23. The van der Waals surface area contributed by atoms with Crippen molar-refractivity contribution in [3.05, 3.63) is 24.0 Å². The number of rotatable bonds is 1. The van der Waals surface area contributed by atoms with Gasteiger partial charge in [0.25, 0.3) is 0 Å². The number of carbonyl (C=O) groups excluding carboxylic acids is 1. The lowest BCUT2D eigenvalue weighted by atomic mass is 10.2. The van der Waals surface area contributed by atoms with Gasteiger partial charge in [-0.05, 0) is 18.2 Å². The van der Waals surface area contributed by atoms with Crippen LogP contribution in [0, 0.1) is 17.1 Å². The number of amides is 1. The number of halogens is 1. The Hall–Kier alpha value is -1.94. The molecule has 1 aliphatic heterocycles. The lowest BCUT2D eigenvalue weighted by Crippen LogP contribution is -2.39. The summed E-state index contributed by atoms with van der Waals surface area (Å²) in [4.78, 5) is 11.4. The predicted molar refractivity (Wildman–Crippen MR) is 56.2 cm³/mol. The molecule has 1 N–H and O–H groups in total. The van der Waals surface area contributed by atoms with E-state index >= 15 is 0 Å². The summed E-state index contributed by atoms with van der Waals surface area (Å²) in [6, 6.07) is 4.67. The minimum atomic E-state index is -3.91. The maximum absolute atomic E-state index is 12.9. The van der Waals surface area contributed by atoms with Crippen molar-refractivity contribution in [3.63, 3.8) is 0 Å². The van der Waals surface area contributed by atoms with E-state index in [-0.39, 0.29) is 10.6 Å². The molecule has 1 atom stereocenters. The van der Waals surface area contributed by atoms with Crippen LogP contribution >= 0.6 is 0 Å². The number of fused-ring (bicyclic) bond motifs is 1. The second-order valence-electron chi connectivity index (χ2n) is 3.53. The minimum absolute atomic E-state index is 0.0795. The topological polar surface area (TPSA) is 87.0 Å². The molecule has 1 amide bonds. The molecule has 0 fully saturated rings. The molecule has 0 aromatic heterocycles. The number of nitriles is 1. The summed E-state index contributed by atoms with van der Waals surface area (Å²) < 4.78 is 36.9. The molecule has 0 aliphatic carbocycles. The van der Waals surface area contributed by atoms with Gasteiger partial charge in [0.15, 0.2) is 15.1 Å². The Morgan fingerprint density at radius 3 is 2.82 bits per heavy atom. The van der Waals surface area contributed by atoms with E-state index in [1.165, 1.54) is 0 Å². The number of nitrogens with one attached hydrogen (secondary N) is 1. The number of carbonyl (C=O) groups is 1. The standard InChI is InChI=1S/C10H7FN2O3S/c11-6-1-2-8-7(5-6)13-10(14)9(3-4-12)17(8,15)16/h1-2,5,9H,3H2,(H,13,14). The smallest absolute Gasteiger partial charge is 0.244 e. The van der Waals surface area contributed by atoms with E-state index in [1.54, 1.807) is 6.07 Å². The number of hydrogen-bond donors (Lipinski definition) is 1. The number of hydrogen-bond acceptors (Lipinski definition) is 4. The SMILES string of the molecule is N#CCC1C(=O)Nc2cc(F)ccc2S1(=O)=O. The molecule has 0 spiro atoms. The summed E-state index contributed by atoms with van der Waals surface area (Å²) in [7, 11) is -3.91. The van der Waals surface area contributed by atoms with Crippen LogP contribution in [0.15, 0.2) is 23.1 Å². The molecule has 0 saturated carbocycles. The van der Waals surface area contributed by atoms with Crippen molar-refractivity contribution in [1.29, 1.82) is 5.26 Å². The van der Waals surface area contributed by atoms with Crippen LogP contribution in [0.5, 0.6) is 0 Å². The maximum Gasteiger partial charge on any atom is 0.244 e. The Labute approximate surface area is 96.8 Å². The molecule has 1 aromatic carbocycles. The molecule has 1 aliphatic rings. The van der Waals surface area contributed by atoms with Gasteiger partial charge in [0.05, 0.1) is 23.1 Å². The molecule has 1 unspecified atom stereocenters. The van der Waals surface area contributed by atoms with Gasteiger partial charge < -0.3 is 5.32 Å². The summed E-state index contributed by atoms with van der Waals surface area (Å²) in [5, 5.41) is 9.36. The lowest BCUT2D eigenvalue weighted by molar-refractivity contribution is -0.115. The first-order chi connectivity index (χ1) is 7.96. The Morgan fingerprint density at radius 2 is 2.18 bits per heavy atom.